The first-order valence-electron chi connectivity index (χ1n) is 8.72. The van der Waals surface area contributed by atoms with Crippen molar-refractivity contribution in [2.24, 2.45) is 7.05 Å². The highest BCUT2D eigenvalue weighted by Gasteiger charge is 2.25. The van der Waals surface area contributed by atoms with E-state index in [0.29, 0.717) is 36.4 Å². The van der Waals surface area contributed by atoms with Crippen molar-refractivity contribution in [2.75, 3.05) is 24.6 Å². The van der Waals surface area contributed by atoms with Crippen LogP contribution in [0, 0.1) is 0 Å². The Bertz CT molecular complexity index is 1010. The molecule has 1 aliphatic heterocycles. The maximum Gasteiger partial charge on any atom is 0.255 e. The first-order valence-corrected chi connectivity index (χ1v) is 9.10. The summed E-state index contributed by atoms with van der Waals surface area (Å²) in [7, 11) is 1.74. The number of benzene rings is 1. The molecule has 0 aliphatic carbocycles. The van der Waals surface area contributed by atoms with Crippen molar-refractivity contribution in [1.29, 1.82) is 0 Å². The smallest absolute Gasteiger partial charge is 0.255 e. The van der Waals surface area contributed by atoms with Gasteiger partial charge in [0.25, 0.3) is 5.56 Å². The third-order valence-corrected chi connectivity index (χ3v) is 4.89. The quantitative estimate of drug-likeness (QED) is 0.696. The van der Waals surface area contributed by atoms with Gasteiger partial charge >= 0.3 is 0 Å². The molecule has 3 aromatic rings. The molecule has 1 aliphatic rings. The Morgan fingerprint density at radius 2 is 2.00 bits per heavy atom. The molecular weight excluding hydrogens is 364 g/mol. The highest BCUT2D eigenvalue weighted by molar-refractivity contribution is 6.30. The van der Waals surface area contributed by atoms with Gasteiger partial charge in [-0.1, -0.05) is 23.7 Å². The number of ether oxygens (including phenoxy) is 1. The van der Waals surface area contributed by atoms with Crippen LogP contribution in [0.1, 0.15) is 11.7 Å². The minimum Gasteiger partial charge on any atom is -0.370 e. The SMILES string of the molecule is Cn1c(N2CCO[C@H](c3cccc(Cl)c3)C2)nc(-c2ccncc2)cc1=O. The molecule has 0 saturated carbocycles. The summed E-state index contributed by atoms with van der Waals surface area (Å²) >= 11 is 6.12. The topological polar surface area (TPSA) is 60.2 Å². The molecule has 1 saturated heterocycles. The summed E-state index contributed by atoms with van der Waals surface area (Å²) in [5.74, 6) is 0.629. The number of pyridine rings is 1. The summed E-state index contributed by atoms with van der Waals surface area (Å²) in [5, 5.41) is 0.679. The Hall–Kier alpha value is -2.70. The van der Waals surface area contributed by atoms with Crippen molar-refractivity contribution < 1.29 is 4.74 Å². The van der Waals surface area contributed by atoms with E-state index in [2.05, 4.69) is 9.88 Å². The van der Waals surface area contributed by atoms with Gasteiger partial charge in [-0.2, -0.15) is 0 Å². The number of halogens is 1. The third-order valence-electron chi connectivity index (χ3n) is 4.66. The van der Waals surface area contributed by atoms with E-state index in [1.807, 2.05) is 36.4 Å². The summed E-state index contributed by atoms with van der Waals surface area (Å²) < 4.78 is 7.51. The monoisotopic (exact) mass is 382 g/mol. The standard InChI is InChI=1S/C20H19ClN4O2/c1-24-19(26)12-17(14-5-7-22-8-6-14)23-20(24)25-9-10-27-18(13-25)15-3-2-4-16(21)11-15/h2-8,11-12,18H,9-10,13H2,1H3/t18-/m0/s1. The largest absolute Gasteiger partial charge is 0.370 e. The molecule has 1 fully saturated rings. The number of hydrogen-bond donors (Lipinski definition) is 0. The van der Waals surface area contributed by atoms with E-state index in [1.165, 1.54) is 0 Å². The van der Waals surface area contributed by atoms with Crippen molar-refractivity contribution in [3.8, 4) is 11.3 Å². The van der Waals surface area contributed by atoms with Gasteiger partial charge in [-0.15, -0.1) is 0 Å². The summed E-state index contributed by atoms with van der Waals surface area (Å²) in [6.07, 6.45) is 3.26. The minimum absolute atomic E-state index is 0.0994. The number of morpholine rings is 1. The molecule has 0 N–H and O–H groups in total. The van der Waals surface area contributed by atoms with Crippen LogP contribution in [0.15, 0.2) is 59.7 Å². The van der Waals surface area contributed by atoms with E-state index in [4.69, 9.17) is 21.3 Å². The number of rotatable bonds is 3. The summed E-state index contributed by atoms with van der Waals surface area (Å²) in [6, 6.07) is 12.9. The molecule has 0 amide bonds. The molecule has 138 valence electrons. The Morgan fingerprint density at radius 3 is 2.78 bits per heavy atom. The number of hydrogen-bond acceptors (Lipinski definition) is 5. The Labute approximate surface area is 162 Å². The van der Waals surface area contributed by atoms with Gasteiger partial charge in [0.2, 0.25) is 5.95 Å². The average molecular weight is 383 g/mol. The van der Waals surface area contributed by atoms with E-state index in [9.17, 15) is 4.79 Å². The fourth-order valence-corrected chi connectivity index (χ4v) is 3.42. The zero-order chi connectivity index (χ0) is 18.8. The van der Waals surface area contributed by atoms with Crippen LogP contribution >= 0.6 is 11.6 Å². The maximum atomic E-state index is 12.5. The van der Waals surface area contributed by atoms with E-state index in [1.54, 1.807) is 30.1 Å². The number of aromatic nitrogens is 3. The Kier molecular flexibility index (Phi) is 4.92. The molecule has 0 bridgehead atoms. The van der Waals surface area contributed by atoms with Crippen LogP contribution in [0.25, 0.3) is 11.3 Å². The molecule has 0 unspecified atom stereocenters. The summed E-state index contributed by atoms with van der Waals surface area (Å²) in [6.45, 7) is 1.81. The molecule has 3 heterocycles. The van der Waals surface area contributed by atoms with Gasteiger partial charge in [-0.3, -0.25) is 14.3 Å². The summed E-state index contributed by atoms with van der Waals surface area (Å²) in [5.41, 5.74) is 2.42. The van der Waals surface area contributed by atoms with Gasteiger partial charge in [-0.05, 0) is 29.8 Å². The lowest BCUT2D eigenvalue weighted by Gasteiger charge is -2.34. The molecule has 27 heavy (non-hydrogen) atoms. The number of anilines is 1. The Balaban J connectivity index is 1.68. The highest BCUT2D eigenvalue weighted by Crippen LogP contribution is 2.27. The van der Waals surface area contributed by atoms with Gasteiger partial charge in [-0.25, -0.2) is 4.98 Å². The zero-order valence-electron chi connectivity index (χ0n) is 14.9. The van der Waals surface area contributed by atoms with Crippen LogP contribution < -0.4 is 10.5 Å². The van der Waals surface area contributed by atoms with E-state index >= 15 is 0 Å². The summed E-state index contributed by atoms with van der Waals surface area (Å²) in [4.78, 5) is 23.4. The van der Waals surface area contributed by atoms with Crippen LogP contribution in [-0.4, -0.2) is 34.2 Å². The van der Waals surface area contributed by atoms with E-state index < -0.39 is 0 Å². The second kappa shape index (κ2) is 7.50. The van der Waals surface area contributed by atoms with Gasteiger partial charge in [0.05, 0.1) is 18.8 Å². The van der Waals surface area contributed by atoms with E-state index in [-0.39, 0.29) is 11.7 Å². The highest BCUT2D eigenvalue weighted by atomic mass is 35.5. The first-order chi connectivity index (χ1) is 13.1. The molecule has 2 aromatic heterocycles. The lowest BCUT2D eigenvalue weighted by Crippen LogP contribution is -2.41. The number of nitrogens with zero attached hydrogens (tertiary/aromatic N) is 4. The van der Waals surface area contributed by atoms with Crippen molar-refractivity contribution in [1.82, 2.24) is 14.5 Å². The first kappa shape index (κ1) is 17.7. The molecule has 0 spiro atoms. The molecule has 6 nitrogen and oxygen atoms in total. The second-order valence-corrected chi connectivity index (χ2v) is 6.87. The van der Waals surface area contributed by atoms with Crippen LogP contribution in [0.2, 0.25) is 5.02 Å². The van der Waals surface area contributed by atoms with Crippen LogP contribution in [0.5, 0.6) is 0 Å². The van der Waals surface area contributed by atoms with Gasteiger partial charge < -0.3 is 9.64 Å². The molecule has 1 atom stereocenters. The predicted molar refractivity (Wildman–Crippen MR) is 105 cm³/mol. The van der Waals surface area contributed by atoms with Crippen LogP contribution in [-0.2, 0) is 11.8 Å². The molecular formula is C20H19ClN4O2. The molecule has 4 rings (SSSR count). The molecule has 0 radical (unpaired) electrons. The molecule has 7 heteroatoms. The van der Waals surface area contributed by atoms with Crippen LogP contribution in [0.3, 0.4) is 0 Å². The lowest BCUT2D eigenvalue weighted by atomic mass is 10.1. The van der Waals surface area contributed by atoms with Crippen molar-refractivity contribution in [3.05, 3.63) is 75.8 Å². The second-order valence-electron chi connectivity index (χ2n) is 6.43. The third kappa shape index (κ3) is 3.72. The normalized spacial score (nSPS) is 17.1. The van der Waals surface area contributed by atoms with Crippen molar-refractivity contribution in [3.63, 3.8) is 0 Å². The minimum atomic E-state index is -0.126. The van der Waals surface area contributed by atoms with Gasteiger partial charge in [0.15, 0.2) is 0 Å². The predicted octanol–water partition coefficient (Wildman–Crippen LogP) is 3.07. The van der Waals surface area contributed by atoms with Gasteiger partial charge in [0.1, 0.15) is 6.10 Å². The zero-order valence-corrected chi connectivity index (χ0v) is 15.6. The van der Waals surface area contributed by atoms with Crippen LogP contribution in [0.4, 0.5) is 5.95 Å². The molecule has 1 aromatic carbocycles. The Morgan fingerprint density at radius 1 is 1.19 bits per heavy atom. The van der Waals surface area contributed by atoms with Crippen molar-refractivity contribution in [2.45, 2.75) is 6.10 Å². The average Bonchev–Trinajstić information content (AvgIpc) is 2.71. The maximum absolute atomic E-state index is 12.5. The van der Waals surface area contributed by atoms with E-state index in [0.717, 1.165) is 11.1 Å². The van der Waals surface area contributed by atoms with Crippen molar-refractivity contribution >= 4 is 17.5 Å². The van der Waals surface area contributed by atoms with Gasteiger partial charge in [0, 0.05) is 42.6 Å². The fraction of sp³-hybridized carbons (Fsp3) is 0.250. The fourth-order valence-electron chi connectivity index (χ4n) is 3.22. The lowest BCUT2D eigenvalue weighted by molar-refractivity contribution is 0.0390.